The maximum absolute atomic E-state index is 12.3. The molecule has 0 unspecified atom stereocenters. The number of aromatic nitrogens is 5. The van der Waals surface area contributed by atoms with Crippen molar-refractivity contribution in [1.29, 1.82) is 0 Å². The average Bonchev–Trinajstić information content (AvgIpc) is 3.11. The molecule has 1 aliphatic heterocycles. The van der Waals surface area contributed by atoms with Gasteiger partial charge in [-0.2, -0.15) is 5.10 Å². The molecular formula is C13H18N6O2. The van der Waals surface area contributed by atoms with Gasteiger partial charge in [0.05, 0.1) is 0 Å². The molecular weight excluding hydrogens is 272 g/mol. The summed E-state index contributed by atoms with van der Waals surface area (Å²) < 4.78 is 7.45. The Balaban J connectivity index is 1.71. The van der Waals surface area contributed by atoms with E-state index in [1.165, 1.54) is 0 Å². The molecule has 0 saturated heterocycles. The molecule has 21 heavy (non-hydrogen) atoms. The summed E-state index contributed by atoms with van der Waals surface area (Å²) in [4.78, 5) is 14.1. The highest BCUT2D eigenvalue weighted by atomic mass is 16.5. The van der Waals surface area contributed by atoms with Gasteiger partial charge in [-0.05, 0) is 13.0 Å². The van der Waals surface area contributed by atoms with Gasteiger partial charge in [0.25, 0.3) is 5.91 Å². The van der Waals surface area contributed by atoms with E-state index in [-0.39, 0.29) is 5.91 Å². The topological polar surface area (TPSA) is 88.9 Å². The van der Waals surface area contributed by atoms with Crippen LogP contribution in [0.5, 0.6) is 0 Å². The first-order valence-electron chi connectivity index (χ1n) is 7.07. The summed E-state index contributed by atoms with van der Waals surface area (Å²) in [6, 6.07) is 1.69. The Morgan fingerprint density at radius 1 is 1.38 bits per heavy atom. The minimum absolute atomic E-state index is 0.0300. The number of carbonyl (C=O) groups is 1. The van der Waals surface area contributed by atoms with Gasteiger partial charge >= 0.3 is 0 Å². The van der Waals surface area contributed by atoms with Crippen LogP contribution < -0.4 is 0 Å². The van der Waals surface area contributed by atoms with Crippen LogP contribution in [-0.2, 0) is 24.3 Å². The Labute approximate surface area is 122 Å². The summed E-state index contributed by atoms with van der Waals surface area (Å²) in [5, 5.41) is 14.9. The van der Waals surface area contributed by atoms with Crippen LogP contribution in [0.2, 0.25) is 0 Å². The Kier molecular flexibility index (Phi) is 3.96. The van der Waals surface area contributed by atoms with E-state index in [2.05, 4.69) is 25.0 Å². The zero-order valence-electron chi connectivity index (χ0n) is 11.9. The first-order valence-corrected chi connectivity index (χ1v) is 7.07. The fourth-order valence-corrected chi connectivity index (χ4v) is 2.43. The second kappa shape index (κ2) is 6.04. The van der Waals surface area contributed by atoms with Crippen molar-refractivity contribution in [2.45, 2.75) is 26.5 Å². The number of H-pyrrole nitrogens is 1. The van der Waals surface area contributed by atoms with E-state index >= 15 is 0 Å². The maximum atomic E-state index is 12.3. The van der Waals surface area contributed by atoms with Gasteiger partial charge in [-0.3, -0.25) is 9.89 Å². The van der Waals surface area contributed by atoms with Crippen molar-refractivity contribution in [3.8, 4) is 0 Å². The number of fused-ring (bicyclic) bond motifs is 1. The summed E-state index contributed by atoms with van der Waals surface area (Å²) in [6.07, 6.45) is 2.28. The van der Waals surface area contributed by atoms with Gasteiger partial charge < -0.3 is 14.2 Å². The molecule has 0 aromatic carbocycles. The first-order chi connectivity index (χ1) is 10.3. The second-order valence-corrected chi connectivity index (χ2v) is 4.83. The van der Waals surface area contributed by atoms with Crippen LogP contribution in [0.4, 0.5) is 0 Å². The molecule has 0 aliphatic carbocycles. The second-order valence-electron chi connectivity index (χ2n) is 4.83. The van der Waals surface area contributed by atoms with E-state index in [1.807, 2.05) is 11.8 Å². The van der Waals surface area contributed by atoms with Crippen LogP contribution in [0.1, 0.15) is 29.1 Å². The predicted molar refractivity (Wildman–Crippen MR) is 73.5 cm³/mol. The first kappa shape index (κ1) is 13.7. The SMILES string of the molecule is CCOCc1nnc2n1CCN(C(=O)c1ccn[nH]1)CC2. The van der Waals surface area contributed by atoms with Gasteiger partial charge in [0.15, 0.2) is 5.82 Å². The highest BCUT2D eigenvalue weighted by Gasteiger charge is 2.23. The lowest BCUT2D eigenvalue weighted by Crippen LogP contribution is -2.34. The number of rotatable bonds is 4. The number of hydrogen-bond donors (Lipinski definition) is 1. The number of hydrogen-bond acceptors (Lipinski definition) is 5. The number of nitrogens with one attached hydrogen (secondary N) is 1. The summed E-state index contributed by atoms with van der Waals surface area (Å²) in [6.45, 7) is 4.99. The molecule has 8 nitrogen and oxygen atoms in total. The molecule has 112 valence electrons. The Bertz CT molecular complexity index is 606. The molecule has 0 bridgehead atoms. The number of ether oxygens (including phenoxy) is 1. The number of aromatic amines is 1. The molecule has 0 fully saturated rings. The van der Waals surface area contributed by atoms with Gasteiger partial charge in [-0.25, -0.2) is 0 Å². The van der Waals surface area contributed by atoms with Crippen molar-refractivity contribution in [3.63, 3.8) is 0 Å². The monoisotopic (exact) mass is 290 g/mol. The number of nitrogens with zero attached hydrogens (tertiary/aromatic N) is 5. The fraction of sp³-hybridized carbons (Fsp3) is 0.538. The molecule has 0 radical (unpaired) electrons. The Morgan fingerprint density at radius 2 is 2.29 bits per heavy atom. The summed E-state index contributed by atoms with van der Waals surface area (Å²) in [7, 11) is 0. The van der Waals surface area contributed by atoms with E-state index in [0.717, 1.165) is 11.6 Å². The minimum Gasteiger partial charge on any atom is -0.374 e. The van der Waals surface area contributed by atoms with Gasteiger partial charge in [0.2, 0.25) is 0 Å². The predicted octanol–water partition coefficient (Wildman–Crippen LogP) is 0.236. The lowest BCUT2D eigenvalue weighted by Gasteiger charge is -2.19. The molecule has 3 rings (SSSR count). The molecule has 1 N–H and O–H groups in total. The van der Waals surface area contributed by atoms with E-state index in [4.69, 9.17) is 4.74 Å². The molecule has 0 spiro atoms. The lowest BCUT2D eigenvalue weighted by atomic mass is 10.3. The van der Waals surface area contributed by atoms with E-state index in [0.29, 0.717) is 45.0 Å². The van der Waals surface area contributed by atoms with Gasteiger partial charge in [0.1, 0.15) is 18.1 Å². The molecule has 0 saturated carbocycles. The van der Waals surface area contributed by atoms with Crippen LogP contribution in [0, 0.1) is 0 Å². The number of amides is 1. The Hall–Kier alpha value is -2.22. The summed E-state index contributed by atoms with van der Waals surface area (Å²) in [5.74, 6) is 1.70. The molecule has 1 aliphatic rings. The number of carbonyl (C=O) groups excluding carboxylic acids is 1. The molecule has 2 aromatic rings. The van der Waals surface area contributed by atoms with Crippen LogP contribution in [0.15, 0.2) is 12.3 Å². The molecule has 3 heterocycles. The normalized spacial score (nSPS) is 14.8. The third kappa shape index (κ3) is 2.80. The van der Waals surface area contributed by atoms with Gasteiger partial charge in [-0.1, -0.05) is 0 Å². The quantitative estimate of drug-likeness (QED) is 0.871. The fourth-order valence-electron chi connectivity index (χ4n) is 2.43. The summed E-state index contributed by atoms with van der Waals surface area (Å²) in [5.41, 5.74) is 0.516. The molecule has 2 aromatic heterocycles. The maximum Gasteiger partial charge on any atom is 0.271 e. The zero-order chi connectivity index (χ0) is 14.7. The Morgan fingerprint density at radius 3 is 3.05 bits per heavy atom. The van der Waals surface area contributed by atoms with E-state index < -0.39 is 0 Å². The van der Waals surface area contributed by atoms with E-state index in [9.17, 15) is 4.79 Å². The third-order valence-corrected chi connectivity index (χ3v) is 3.56. The standard InChI is InChI=1S/C13H18N6O2/c1-2-21-9-12-17-16-11-4-6-18(7-8-19(11)12)13(20)10-3-5-14-15-10/h3,5H,2,4,6-9H2,1H3,(H,14,15). The van der Waals surface area contributed by atoms with Crippen molar-refractivity contribution in [2.75, 3.05) is 19.7 Å². The van der Waals surface area contributed by atoms with Crippen molar-refractivity contribution in [2.24, 2.45) is 0 Å². The van der Waals surface area contributed by atoms with Crippen molar-refractivity contribution in [1.82, 2.24) is 29.9 Å². The molecule has 8 heteroatoms. The minimum atomic E-state index is -0.0300. The van der Waals surface area contributed by atoms with Crippen LogP contribution in [0.3, 0.4) is 0 Å². The highest BCUT2D eigenvalue weighted by molar-refractivity contribution is 5.92. The average molecular weight is 290 g/mol. The lowest BCUT2D eigenvalue weighted by molar-refractivity contribution is 0.0751. The van der Waals surface area contributed by atoms with Gasteiger partial charge in [-0.15, -0.1) is 10.2 Å². The van der Waals surface area contributed by atoms with Crippen molar-refractivity contribution < 1.29 is 9.53 Å². The molecule has 0 atom stereocenters. The smallest absolute Gasteiger partial charge is 0.271 e. The van der Waals surface area contributed by atoms with Crippen LogP contribution in [0.25, 0.3) is 0 Å². The van der Waals surface area contributed by atoms with Gasteiger partial charge in [0, 0.05) is 38.9 Å². The van der Waals surface area contributed by atoms with Crippen molar-refractivity contribution >= 4 is 5.91 Å². The van der Waals surface area contributed by atoms with Crippen LogP contribution >= 0.6 is 0 Å². The largest absolute Gasteiger partial charge is 0.374 e. The molecule has 1 amide bonds. The highest BCUT2D eigenvalue weighted by Crippen LogP contribution is 2.12. The van der Waals surface area contributed by atoms with E-state index in [1.54, 1.807) is 12.3 Å². The summed E-state index contributed by atoms with van der Waals surface area (Å²) >= 11 is 0. The zero-order valence-corrected chi connectivity index (χ0v) is 11.9. The third-order valence-electron chi connectivity index (χ3n) is 3.56. The van der Waals surface area contributed by atoms with Crippen LogP contribution in [-0.4, -0.2) is 55.5 Å². The van der Waals surface area contributed by atoms with Crippen molar-refractivity contribution in [3.05, 3.63) is 29.6 Å².